The van der Waals surface area contributed by atoms with Crippen molar-refractivity contribution in [2.24, 2.45) is 0 Å². The van der Waals surface area contributed by atoms with E-state index in [1.165, 1.54) is 0 Å². The molecule has 3 heteroatoms. The lowest BCUT2D eigenvalue weighted by atomic mass is 9.84. The number of halogens is 2. The third-order valence-corrected chi connectivity index (χ3v) is 3.47. The van der Waals surface area contributed by atoms with Crippen LogP contribution in [0.15, 0.2) is 54.6 Å². The van der Waals surface area contributed by atoms with E-state index in [4.69, 9.17) is 23.2 Å². The molecule has 1 N–H and O–H groups in total. The van der Waals surface area contributed by atoms with Gasteiger partial charge in [0.05, 0.1) is 0 Å². The summed E-state index contributed by atoms with van der Waals surface area (Å²) in [5, 5.41) is 11.6. The Morgan fingerprint density at radius 1 is 0.889 bits per heavy atom. The first-order chi connectivity index (χ1) is 8.66. The fourth-order valence-electron chi connectivity index (χ4n) is 2.03. The van der Waals surface area contributed by atoms with E-state index in [1.807, 2.05) is 42.5 Å². The zero-order valence-electron chi connectivity index (χ0n) is 9.81. The van der Waals surface area contributed by atoms with Crippen molar-refractivity contribution < 1.29 is 5.11 Å². The third kappa shape index (κ3) is 2.69. The molecular weight excluding hydrogens is 267 g/mol. The molecule has 2 rings (SSSR count). The lowest BCUT2D eigenvalue weighted by molar-refractivity contribution is 0.0775. The van der Waals surface area contributed by atoms with E-state index in [2.05, 4.69) is 0 Å². The van der Waals surface area contributed by atoms with Crippen LogP contribution in [0.3, 0.4) is 0 Å². The van der Waals surface area contributed by atoms with Gasteiger partial charge < -0.3 is 5.11 Å². The summed E-state index contributed by atoms with van der Waals surface area (Å²) >= 11 is 11.7. The minimum absolute atomic E-state index is 0.383. The third-order valence-electron chi connectivity index (χ3n) is 3.03. The van der Waals surface area contributed by atoms with Gasteiger partial charge in [0.15, 0.2) is 0 Å². The Bertz CT molecular complexity index is 496. The van der Waals surface area contributed by atoms with Crippen LogP contribution in [0, 0.1) is 0 Å². The maximum atomic E-state index is 10.9. The van der Waals surface area contributed by atoms with E-state index >= 15 is 0 Å². The van der Waals surface area contributed by atoms with Gasteiger partial charge in [-0.1, -0.05) is 54.1 Å². The van der Waals surface area contributed by atoms with Crippen LogP contribution >= 0.6 is 23.2 Å². The van der Waals surface area contributed by atoms with Gasteiger partial charge in [-0.2, -0.15) is 0 Å². The lowest BCUT2D eigenvalue weighted by Crippen LogP contribution is -2.27. The molecule has 94 valence electrons. The molecule has 1 atom stereocenters. The van der Waals surface area contributed by atoms with E-state index in [0.29, 0.717) is 17.3 Å². The molecule has 0 amide bonds. The fourth-order valence-corrected chi connectivity index (χ4v) is 2.43. The van der Waals surface area contributed by atoms with Gasteiger partial charge in [-0.05, 0) is 29.7 Å². The molecule has 0 aliphatic heterocycles. The molecule has 0 saturated carbocycles. The van der Waals surface area contributed by atoms with Crippen molar-refractivity contribution in [1.29, 1.82) is 0 Å². The Labute approximate surface area is 117 Å². The van der Waals surface area contributed by atoms with E-state index in [-0.39, 0.29) is 0 Å². The van der Waals surface area contributed by atoms with Crippen LogP contribution in [-0.2, 0) is 5.60 Å². The van der Waals surface area contributed by atoms with E-state index in [9.17, 15) is 5.11 Å². The smallest absolute Gasteiger partial charge is 0.116 e. The van der Waals surface area contributed by atoms with Crippen LogP contribution in [0.25, 0.3) is 0 Å². The summed E-state index contributed by atoms with van der Waals surface area (Å²) in [6, 6.07) is 16.8. The van der Waals surface area contributed by atoms with Gasteiger partial charge in [0, 0.05) is 10.9 Å². The van der Waals surface area contributed by atoms with Crippen LogP contribution in [0.4, 0.5) is 0 Å². The van der Waals surface area contributed by atoms with Crippen LogP contribution in [-0.4, -0.2) is 11.0 Å². The summed E-state index contributed by atoms with van der Waals surface area (Å²) in [5.74, 6) is 0.383. The minimum Gasteiger partial charge on any atom is -0.380 e. The summed E-state index contributed by atoms with van der Waals surface area (Å²) in [5.41, 5.74) is 0.583. The topological polar surface area (TPSA) is 20.2 Å². The lowest BCUT2D eigenvalue weighted by Gasteiger charge is -2.28. The summed E-state index contributed by atoms with van der Waals surface area (Å²) in [6.07, 6.45) is 0.459. The largest absolute Gasteiger partial charge is 0.380 e. The second-order valence-electron chi connectivity index (χ2n) is 4.17. The normalized spacial score (nSPS) is 14.2. The molecule has 2 aromatic carbocycles. The van der Waals surface area contributed by atoms with E-state index in [1.54, 1.807) is 12.1 Å². The zero-order chi connectivity index (χ0) is 13.0. The van der Waals surface area contributed by atoms with E-state index in [0.717, 1.165) is 11.1 Å². The molecular formula is C15H14Cl2O. The molecule has 0 fully saturated rings. The van der Waals surface area contributed by atoms with Gasteiger partial charge in [0.2, 0.25) is 0 Å². The molecule has 1 unspecified atom stereocenters. The Hall–Kier alpha value is -1.02. The first-order valence-corrected chi connectivity index (χ1v) is 6.68. The Morgan fingerprint density at radius 2 is 1.44 bits per heavy atom. The van der Waals surface area contributed by atoms with Crippen molar-refractivity contribution in [2.75, 3.05) is 5.88 Å². The molecule has 0 saturated heterocycles. The molecule has 0 aromatic heterocycles. The van der Waals surface area contributed by atoms with Gasteiger partial charge in [-0.15, -0.1) is 11.6 Å². The van der Waals surface area contributed by atoms with E-state index < -0.39 is 5.60 Å². The minimum atomic E-state index is -1.06. The molecule has 0 radical (unpaired) electrons. The van der Waals surface area contributed by atoms with Crippen LogP contribution in [0.1, 0.15) is 17.5 Å². The van der Waals surface area contributed by atoms with Crippen LogP contribution in [0.2, 0.25) is 5.02 Å². The van der Waals surface area contributed by atoms with Gasteiger partial charge >= 0.3 is 0 Å². The van der Waals surface area contributed by atoms with Gasteiger partial charge in [-0.3, -0.25) is 0 Å². The van der Waals surface area contributed by atoms with Gasteiger partial charge in [0.1, 0.15) is 5.60 Å². The van der Waals surface area contributed by atoms with Crippen molar-refractivity contribution in [3.05, 3.63) is 70.7 Å². The zero-order valence-corrected chi connectivity index (χ0v) is 11.3. The summed E-state index contributed by atoms with van der Waals surface area (Å²) < 4.78 is 0. The molecule has 0 aliphatic carbocycles. The molecule has 1 nitrogen and oxygen atoms in total. The number of aliphatic hydroxyl groups is 1. The van der Waals surface area contributed by atoms with Crippen molar-refractivity contribution in [3.8, 4) is 0 Å². The maximum absolute atomic E-state index is 10.9. The number of benzene rings is 2. The molecule has 0 spiro atoms. The second-order valence-corrected chi connectivity index (χ2v) is 4.99. The summed E-state index contributed by atoms with van der Waals surface area (Å²) in [7, 11) is 0. The molecule has 0 bridgehead atoms. The summed E-state index contributed by atoms with van der Waals surface area (Å²) in [4.78, 5) is 0. The first kappa shape index (κ1) is 13.4. The highest BCUT2D eigenvalue weighted by atomic mass is 35.5. The van der Waals surface area contributed by atoms with Crippen LogP contribution < -0.4 is 0 Å². The highest BCUT2D eigenvalue weighted by molar-refractivity contribution is 6.30. The van der Waals surface area contributed by atoms with Crippen LogP contribution in [0.5, 0.6) is 0 Å². The van der Waals surface area contributed by atoms with Gasteiger partial charge in [0.25, 0.3) is 0 Å². The number of alkyl halides is 1. The summed E-state index contributed by atoms with van der Waals surface area (Å²) in [6.45, 7) is 0. The second kappa shape index (κ2) is 5.75. The fraction of sp³-hybridized carbons (Fsp3) is 0.200. The predicted molar refractivity (Wildman–Crippen MR) is 76.2 cm³/mol. The first-order valence-electron chi connectivity index (χ1n) is 5.77. The Morgan fingerprint density at radius 3 is 2.00 bits per heavy atom. The maximum Gasteiger partial charge on any atom is 0.116 e. The Kier molecular flexibility index (Phi) is 4.28. The average molecular weight is 281 g/mol. The predicted octanol–water partition coefficient (Wildman–Crippen LogP) is 4.20. The van der Waals surface area contributed by atoms with Crippen molar-refractivity contribution in [1.82, 2.24) is 0 Å². The van der Waals surface area contributed by atoms with Gasteiger partial charge in [-0.25, -0.2) is 0 Å². The van der Waals surface area contributed by atoms with Crippen molar-refractivity contribution in [2.45, 2.75) is 12.0 Å². The number of rotatable bonds is 4. The molecule has 18 heavy (non-hydrogen) atoms. The molecule has 0 heterocycles. The quantitative estimate of drug-likeness (QED) is 0.832. The monoisotopic (exact) mass is 280 g/mol. The highest BCUT2D eigenvalue weighted by Gasteiger charge is 2.30. The standard InChI is InChI=1S/C15H14Cl2O/c16-11-10-15(18,12-4-2-1-3-5-12)13-6-8-14(17)9-7-13/h1-9,18H,10-11H2. The number of hydrogen-bond acceptors (Lipinski definition) is 1. The SMILES string of the molecule is OC(CCCl)(c1ccccc1)c1ccc(Cl)cc1. The highest BCUT2D eigenvalue weighted by Crippen LogP contribution is 2.33. The molecule has 0 aliphatic rings. The Balaban J connectivity index is 2.47. The number of hydrogen-bond donors (Lipinski definition) is 1. The average Bonchev–Trinajstić information content (AvgIpc) is 2.40. The van der Waals surface area contributed by atoms with Crippen molar-refractivity contribution >= 4 is 23.2 Å². The molecule has 2 aromatic rings. The van der Waals surface area contributed by atoms with Crippen molar-refractivity contribution in [3.63, 3.8) is 0 Å².